The molecular weight excluding hydrogens is 342 g/mol. The van der Waals surface area contributed by atoms with Gasteiger partial charge in [0.2, 0.25) is 0 Å². The highest BCUT2D eigenvalue weighted by Gasteiger charge is 2.09. The van der Waals surface area contributed by atoms with E-state index >= 15 is 0 Å². The van der Waals surface area contributed by atoms with E-state index in [4.69, 9.17) is 10.2 Å². The van der Waals surface area contributed by atoms with Crippen LogP contribution in [0.2, 0.25) is 0 Å². The van der Waals surface area contributed by atoms with Crippen molar-refractivity contribution in [2.75, 3.05) is 13.1 Å². The van der Waals surface area contributed by atoms with E-state index in [2.05, 4.69) is 17.5 Å². The van der Waals surface area contributed by atoms with Crippen molar-refractivity contribution >= 4 is 11.9 Å². The molecule has 1 saturated heterocycles. The van der Waals surface area contributed by atoms with Gasteiger partial charge >= 0.3 is 11.9 Å². The van der Waals surface area contributed by atoms with E-state index in [1.165, 1.54) is 38.2 Å². The van der Waals surface area contributed by atoms with Crippen molar-refractivity contribution in [2.45, 2.75) is 52.4 Å². The molecule has 0 amide bonds. The van der Waals surface area contributed by atoms with Gasteiger partial charge in [0.15, 0.2) is 0 Å². The molecule has 27 heavy (non-hydrogen) atoms. The van der Waals surface area contributed by atoms with Crippen molar-refractivity contribution in [1.29, 1.82) is 0 Å². The van der Waals surface area contributed by atoms with Crippen LogP contribution in [0.1, 0.15) is 52.4 Å². The van der Waals surface area contributed by atoms with Crippen LogP contribution in [0.3, 0.4) is 0 Å². The van der Waals surface area contributed by atoms with Crippen LogP contribution in [0.15, 0.2) is 48.6 Å². The molecule has 0 radical (unpaired) electrons. The van der Waals surface area contributed by atoms with E-state index in [1.807, 2.05) is 12.2 Å². The topological polar surface area (TPSA) is 86.6 Å². The third-order valence-corrected chi connectivity index (χ3v) is 4.50. The lowest BCUT2D eigenvalue weighted by molar-refractivity contribution is -0.132. The van der Waals surface area contributed by atoms with Crippen LogP contribution in [0.4, 0.5) is 0 Å². The van der Waals surface area contributed by atoms with E-state index in [1.54, 1.807) is 12.2 Å². The summed E-state index contributed by atoms with van der Waals surface area (Å²) < 4.78 is 0. The lowest BCUT2D eigenvalue weighted by atomic mass is 9.89. The summed E-state index contributed by atoms with van der Waals surface area (Å²) in [6, 6.07) is 0. The largest absolute Gasteiger partial charge is 0.478 e. The van der Waals surface area contributed by atoms with Crippen molar-refractivity contribution < 1.29 is 19.8 Å². The fourth-order valence-corrected chi connectivity index (χ4v) is 3.08. The molecule has 0 spiro atoms. The first-order valence-electron chi connectivity index (χ1n) is 9.44. The molecule has 0 atom stereocenters. The van der Waals surface area contributed by atoms with Gasteiger partial charge in [0.25, 0.3) is 0 Å². The van der Waals surface area contributed by atoms with E-state index in [-0.39, 0.29) is 7.43 Å². The number of allylic oxidation sites excluding steroid dienone is 6. The van der Waals surface area contributed by atoms with E-state index in [0.717, 1.165) is 32.0 Å². The fraction of sp³-hybridized carbons (Fsp3) is 0.545. The molecule has 0 bridgehead atoms. The van der Waals surface area contributed by atoms with Crippen molar-refractivity contribution in [3.8, 4) is 0 Å². The summed E-state index contributed by atoms with van der Waals surface area (Å²) in [4.78, 5) is 20.2. The second-order valence-corrected chi connectivity index (χ2v) is 6.65. The van der Waals surface area contributed by atoms with E-state index in [9.17, 15) is 9.59 Å². The summed E-state index contributed by atoms with van der Waals surface area (Å²) in [6.45, 7) is 2.13. The molecule has 2 aliphatic rings. The Kier molecular flexibility index (Phi) is 14.8. The van der Waals surface area contributed by atoms with Crippen molar-refractivity contribution in [3.63, 3.8) is 0 Å². The predicted molar refractivity (Wildman–Crippen MR) is 111 cm³/mol. The average Bonchev–Trinajstić information content (AvgIpc) is 2.64. The first-order valence-corrected chi connectivity index (χ1v) is 9.44. The quantitative estimate of drug-likeness (QED) is 0.466. The van der Waals surface area contributed by atoms with Gasteiger partial charge in [0, 0.05) is 12.2 Å². The first-order chi connectivity index (χ1) is 12.6. The zero-order chi connectivity index (χ0) is 19.0. The van der Waals surface area contributed by atoms with Gasteiger partial charge in [-0.05, 0) is 50.6 Å². The molecule has 2 rings (SSSR count). The van der Waals surface area contributed by atoms with Crippen molar-refractivity contribution in [1.82, 2.24) is 5.32 Å². The van der Waals surface area contributed by atoms with Crippen LogP contribution < -0.4 is 5.32 Å². The molecule has 2 fully saturated rings. The van der Waals surface area contributed by atoms with Crippen molar-refractivity contribution in [2.24, 2.45) is 11.8 Å². The third kappa shape index (κ3) is 14.7. The lowest BCUT2D eigenvalue weighted by Crippen LogP contribution is -2.26. The molecule has 152 valence electrons. The van der Waals surface area contributed by atoms with Crippen LogP contribution in [-0.2, 0) is 9.59 Å². The number of rotatable bonds is 6. The minimum atomic E-state index is -0.894. The highest BCUT2D eigenvalue weighted by molar-refractivity contribution is 5.80. The summed E-state index contributed by atoms with van der Waals surface area (Å²) in [5.41, 5.74) is 0. The van der Waals surface area contributed by atoms with Crippen LogP contribution >= 0.6 is 0 Å². The number of carbonyl (C=O) groups is 2. The fourth-order valence-electron chi connectivity index (χ4n) is 3.08. The molecular formula is C22H35NO4. The van der Waals surface area contributed by atoms with E-state index < -0.39 is 11.9 Å². The number of piperidine rings is 1. The zero-order valence-corrected chi connectivity index (χ0v) is 15.3. The Morgan fingerprint density at radius 1 is 0.704 bits per heavy atom. The van der Waals surface area contributed by atoms with Gasteiger partial charge in [-0.25, -0.2) is 9.59 Å². The lowest BCUT2D eigenvalue weighted by Gasteiger charge is -2.18. The highest BCUT2D eigenvalue weighted by atomic mass is 16.4. The molecule has 1 aliphatic carbocycles. The van der Waals surface area contributed by atoms with Gasteiger partial charge in [0.1, 0.15) is 0 Å². The minimum absolute atomic E-state index is 0. The molecule has 1 heterocycles. The predicted octanol–water partition coefficient (Wildman–Crippen LogP) is 4.58. The summed E-state index contributed by atoms with van der Waals surface area (Å²) in [6.07, 6.45) is 22.2. The maximum absolute atomic E-state index is 10.1. The highest BCUT2D eigenvalue weighted by Crippen LogP contribution is 2.24. The SMILES string of the molecule is C.O=C(O)/C=C/C=C/C1CCCCC1.O=C(O)/C=C/C=C/C1CCNCC1. The van der Waals surface area contributed by atoms with E-state index in [0.29, 0.717) is 11.8 Å². The van der Waals surface area contributed by atoms with Crippen LogP contribution in [0.5, 0.6) is 0 Å². The van der Waals surface area contributed by atoms with Gasteiger partial charge in [-0.1, -0.05) is 63.1 Å². The van der Waals surface area contributed by atoms with Gasteiger partial charge in [-0.2, -0.15) is 0 Å². The monoisotopic (exact) mass is 377 g/mol. The molecule has 0 aromatic heterocycles. The minimum Gasteiger partial charge on any atom is -0.478 e. The molecule has 5 heteroatoms. The summed E-state index contributed by atoms with van der Waals surface area (Å²) in [5.74, 6) is -0.491. The summed E-state index contributed by atoms with van der Waals surface area (Å²) >= 11 is 0. The van der Waals surface area contributed by atoms with Crippen molar-refractivity contribution in [3.05, 3.63) is 48.6 Å². The third-order valence-electron chi connectivity index (χ3n) is 4.50. The molecule has 0 unspecified atom stereocenters. The molecule has 0 aromatic rings. The smallest absolute Gasteiger partial charge is 0.328 e. The van der Waals surface area contributed by atoms with Gasteiger partial charge in [-0.15, -0.1) is 0 Å². The molecule has 0 aromatic carbocycles. The zero-order valence-electron chi connectivity index (χ0n) is 15.3. The molecule has 1 saturated carbocycles. The van der Waals surface area contributed by atoms with Crippen LogP contribution in [-0.4, -0.2) is 35.2 Å². The number of aliphatic carboxylic acids is 2. The second kappa shape index (κ2) is 16.1. The maximum Gasteiger partial charge on any atom is 0.328 e. The Labute approximate surface area is 163 Å². The Hall–Kier alpha value is -2.14. The standard InChI is InChI=1S/C11H16O2.C10H15NO2.CH4/c12-11(13)9-5-4-8-10-6-2-1-3-7-10;12-10(13)4-2-1-3-9-5-7-11-8-6-9;/h4-5,8-10H,1-3,6-7H2,(H,12,13);1-4,9,11H,5-8H2,(H,12,13);1H4/b8-4+,9-5+;3-1+,4-2+;. The number of carboxylic acids is 2. The molecule has 3 N–H and O–H groups in total. The first kappa shape index (κ1) is 24.9. The van der Waals surface area contributed by atoms with Crippen LogP contribution in [0.25, 0.3) is 0 Å². The van der Waals surface area contributed by atoms with Gasteiger partial charge < -0.3 is 15.5 Å². The Balaban J connectivity index is 0.000000483. The number of hydrogen-bond donors (Lipinski definition) is 3. The average molecular weight is 378 g/mol. The van der Waals surface area contributed by atoms with Crippen LogP contribution in [0, 0.1) is 11.8 Å². The number of hydrogen-bond acceptors (Lipinski definition) is 3. The van der Waals surface area contributed by atoms with Gasteiger partial charge in [-0.3, -0.25) is 0 Å². The Morgan fingerprint density at radius 3 is 1.59 bits per heavy atom. The Morgan fingerprint density at radius 2 is 1.15 bits per heavy atom. The summed E-state index contributed by atoms with van der Waals surface area (Å²) in [5, 5.41) is 19.9. The normalized spacial score (nSPS) is 19.3. The Bertz CT molecular complexity index is 474. The number of carboxylic acid groups (broad SMARTS) is 2. The number of nitrogens with one attached hydrogen (secondary N) is 1. The maximum atomic E-state index is 10.1. The summed E-state index contributed by atoms with van der Waals surface area (Å²) in [7, 11) is 0. The molecule has 5 nitrogen and oxygen atoms in total. The molecule has 1 aliphatic heterocycles. The van der Waals surface area contributed by atoms with Gasteiger partial charge in [0.05, 0.1) is 0 Å². The second-order valence-electron chi connectivity index (χ2n) is 6.65.